The third kappa shape index (κ3) is 3.51. The van der Waals surface area contributed by atoms with Gasteiger partial charge in [0, 0.05) is 23.6 Å². The Morgan fingerprint density at radius 3 is 2.58 bits per heavy atom. The molecule has 0 spiro atoms. The molecule has 0 aromatic heterocycles. The summed E-state index contributed by atoms with van der Waals surface area (Å²) in [6.07, 6.45) is 0. The number of amides is 3. The summed E-state index contributed by atoms with van der Waals surface area (Å²) in [7, 11) is 1.69. The summed E-state index contributed by atoms with van der Waals surface area (Å²) >= 11 is 6.41. The summed E-state index contributed by atoms with van der Waals surface area (Å²) < 4.78 is 2.04. The first-order valence-corrected chi connectivity index (χ1v) is 11.5. The van der Waals surface area contributed by atoms with Crippen molar-refractivity contribution in [2.45, 2.75) is 33.4 Å². The number of carbonyl (C=O) groups excluding carboxylic acids is 2. The van der Waals surface area contributed by atoms with Crippen LogP contribution in [0.2, 0.25) is 5.02 Å². The molecule has 3 aliphatic rings. The fourth-order valence-electron chi connectivity index (χ4n) is 4.81. The highest BCUT2D eigenvalue weighted by atomic mass is 35.5. The van der Waals surface area contributed by atoms with Crippen molar-refractivity contribution >= 4 is 41.0 Å². The molecule has 0 N–H and O–H groups in total. The van der Waals surface area contributed by atoms with Crippen molar-refractivity contribution in [3.05, 3.63) is 64.2 Å². The molecule has 3 heterocycles. The molecule has 33 heavy (non-hydrogen) atoms. The standard InChI is InChI=1S/C25H27ClN5O2/c1-15-8-10-18(11-9-15)14-31-23(32)21-22(28(4)25(31)33)27-24-29(12-16(2)13-30(21)24)20-7-5-6-19(26)17(20)3/h5-11,16,21H,12-14H2,1-4H3/q+1. The van der Waals surface area contributed by atoms with Gasteiger partial charge in [-0.05, 0) is 31.5 Å². The Balaban J connectivity index is 1.54. The number of nitrogens with zero attached hydrogens (tertiary/aromatic N) is 5. The Morgan fingerprint density at radius 2 is 1.85 bits per heavy atom. The number of halogens is 1. The maximum Gasteiger partial charge on any atom is 0.397 e. The van der Waals surface area contributed by atoms with Gasteiger partial charge in [-0.2, -0.15) is 0 Å². The number of aliphatic imine (C=N–C) groups is 1. The summed E-state index contributed by atoms with van der Waals surface area (Å²) in [5, 5.41) is 0.689. The summed E-state index contributed by atoms with van der Waals surface area (Å²) in [4.78, 5) is 36.6. The van der Waals surface area contributed by atoms with Crippen LogP contribution in [0.4, 0.5) is 10.5 Å². The van der Waals surface area contributed by atoms with Crippen LogP contribution in [0.5, 0.6) is 0 Å². The molecular weight excluding hydrogens is 438 g/mol. The van der Waals surface area contributed by atoms with E-state index in [0.29, 0.717) is 29.3 Å². The van der Waals surface area contributed by atoms with E-state index in [1.807, 2.05) is 60.9 Å². The monoisotopic (exact) mass is 464 g/mol. The van der Waals surface area contributed by atoms with Gasteiger partial charge in [-0.1, -0.05) is 59.4 Å². The number of guanidine groups is 1. The maximum absolute atomic E-state index is 13.7. The van der Waals surface area contributed by atoms with E-state index in [1.54, 1.807) is 7.05 Å². The summed E-state index contributed by atoms with van der Waals surface area (Å²) in [6.45, 7) is 7.85. The van der Waals surface area contributed by atoms with E-state index in [4.69, 9.17) is 16.6 Å². The van der Waals surface area contributed by atoms with Crippen LogP contribution < -0.4 is 4.90 Å². The number of imide groups is 1. The Hall–Kier alpha value is -3.19. The van der Waals surface area contributed by atoms with Gasteiger partial charge in [-0.25, -0.2) is 14.3 Å². The van der Waals surface area contributed by atoms with Crippen molar-refractivity contribution in [2.75, 3.05) is 25.0 Å². The second-order valence-electron chi connectivity index (χ2n) is 9.18. The molecular formula is C25H27ClN5O2+. The zero-order chi connectivity index (χ0) is 23.4. The minimum Gasteiger partial charge on any atom is -0.270 e. The fourth-order valence-corrected chi connectivity index (χ4v) is 4.98. The van der Waals surface area contributed by atoms with E-state index in [9.17, 15) is 9.59 Å². The number of anilines is 1. The number of urea groups is 1. The van der Waals surface area contributed by atoms with Crippen LogP contribution >= 0.6 is 11.6 Å². The van der Waals surface area contributed by atoms with E-state index in [2.05, 4.69) is 11.8 Å². The molecule has 3 aliphatic heterocycles. The van der Waals surface area contributed by atoms with Crippen molar-refractivity contribution in [1.82, 2.24) is 9.80 Å². The Bertz CT molecular complexity index is 1220. The Kier molecular flexibility index (Phi) is 5.24. The average Bonchev–Trinajstić information content (AvgIpc) is 3.17. The summed E-state index contributed by atoms with van der Waals surface area (Å²) in [5.41, 5.74) is 3.99. The molecule has 8 heteroatoms. The Labute approximate surface area is 198 Å². The van der Waals surface area contributed by atoms with Gasteiger partial charge < -0.3 is 0 Å². The number of hydrogen-bond acceptors (Lipinski definition) is 4. The molecule has 1 fully saturated rings. The summed E-state index contributed by atoms with van der Waals surface area (Å²) in [6, 6.07) is 12.7. The van der Waals surface area contributed by atoms with E-state index in [0.717, 1.165) is 28.9 Å². The van der Waals surface area contributed by atoms with Gasteiger partial charge in [0.1, 0.15) is 5.69 Å². The minimum atomic E-state index is -0.613. The molecule has 5 rings (SSSR count). The van der Waals surface area contributed by atoms with Crippen LogP contribution in [0.15, 0.2) is 47.5 Å². The molecule has 170 valence electrons. The number of aryl methyl sites for hydroxylation is 1. The van der Waals surface area contributed by atoms with Gasteiger partial charge >= 0.3 is 12.0 Å². The highest BCUT2D eigenvalue weighted by Gasteiger charge is 2.55. The largest absolute Gasteiger partial charge is 0.397 e. The topological polar surface area (TPSA) is 59.2 Å². The zero-order valence-electron chi connectivity index (χ0n) is 19.2. The first-order chi connectivity index (χ1) is 15.8. The number of amidine groups is 1. The highest BCUT2D eigenvalue weighted by Crippen LogP contribution is 2.32. The lowest BCUT2D eigenvalue weighted by atomic mass is 10.0. The van der Waals surface area contributed by atoms with E-state index in [-0.39, 0.29) is 18.5 Å². The normalized spacial score (nSPS) is 22.6. The molecule has 2 atom stereocenters. The molecule has 2 unspecified atom stereocenters. The Morgan fingerprint density at radius 1 is 1.12 bits per heavy atom. The molecule has 1 saturated heterocycles. The third-order valence-electron chi connectivity index (χ3n) is 6.62. The van der Waals surface area contributed by atoms with Crippen molar-refractivity contribution in [1.29, 1.82) is 0 Å². The van der Waals surface area contributed by atoms with Gasteiger partial charge in [-0.15, -0.1) is 0 Å². The van der Waals surface area contributed by atoms with Gasteiger partial charge in [0.2, 0.25) is 11.9 Å². The van der Waals surface area contributed by atoms with E-state index in [1.165, 1.54) is 9.80 Å². The maximum atomic E-state index is 13.7. The van der Waals surface area contributed by atoms with Crippen LogP contribution in [0.3, 0.4) is 0 Å². The molecule has 7 nitrogen and oxygen atoms in total. The molecule has 3 amide bonds. The quantitative estimate of drug-likeness (QED) is 0.651. The molecule has 0 aliphatic carbocycles. The number of likely N-dealkylation sites (N-methyl/N-ethyl adjacent to an activating group) is 1. The van der Waals surface area contributed by atoms with Crippen LogP contribution in [0, 0.1) is 19.8 Å². The first-order valence-electron chi connectivity index (χ1n) is 11.2. The minimum absolute atomic E-state index is 0.232. The van der Waals surface area contributed by atoms with Crippen molar-refractivity contribution in [3.8, 4) is 0 Å². The van der Waals surface area contributed by atoms with Crippen LogP contribution in [0.1, 0.15) is 23.6 Å². The van der Waals surface area contributed by atoms with E-state index >= 15 is 0 Å². The molecule has 0 radical (unpaired) electrons. The molecule has 2 aromatic carbocycles. The van der Waals surface area contributed by atoms with Gasteiger partial charge in [0.15, 0.2) is 0 Å². The predicted octanol–water partition coefficient (Wildman–Crippen LogP) is 3.66. The number of rotatable bonds is 3. The number of carbonyl (C=O) groups is 2. The van der Waals surface area contributed by atoms with Gasteiger partial charge in [-0.3, -0.25) is 14.6 Å². The van der Waals surface area contributed by atoms with Crippen LogP contribution in [-0.4, -0.2) is 64.3 Å². The number of fused-ring (bicyclic) bond motifs is 2. The van der Waals surface area contributed by atoms with E-state index < -0.39 is 6.04 Å². The lowest BCUT2D eigenvalue weighted by molar-refractivity contribution is -0.545. The average molecular weight is 465 g/mol. The van der Waals surface area contributed by atoms with Gasteiger partial charge in [0.25, 0.3) is 5.91 Å². The summed E-state index contributed by atoms with van der Waals surface area (Å²) in [5.74, 6) is 1.25. The highest BCUT2D eigenvalue weighted by molar-refractivity contribution is 6.32. The number of hydrogen-bond donors (Lipinski definition) is 0. The van der Waals surface area contributed by atoms with Crippen molar-refractivity contribution < 1.29 is 14.2 Å². The lowest BCUT2D eigenvalue weighted by Crippen LogP contribution is -2.63. The van der Waals surface area contributed by atoms with Crippen molar-refractivity contribution in [2.24, 2.45) is 10.9 Å². The third-order valence-corrected chi connectivity index (χ3v) is 7.03. The second kappa shape index (κ2) is 7.99. The molecule has 2 aromatic rings. The first kappa shape index (κ1) is 21.6. The fraction of sp³-hybridized carbons (Fsp3) is 0.360. The number of benzene rings is 2. The SMILES string of the molecule is Cc1ccc(CN2C(=O)C3C(=NC4=[N+]3CC(C)CN4c3cccc(Cl)c3C)N(C)C2=O)cc1. The van der Waals surface area contributed by atoms with Crippen LogP contribution in [-0.2, 0) is 11.3 Å². The second-order valence-corrected chi connectivity index (χ2v) is 9.58. The van der Waals surface area contributed by atoms with Crippen molar-refractivity contribution in [3.63, 3.8) is 0 Å². The van der Waals surface area contributed by atoms with Crippen LogP contribution in [0.25, 0.3) is 0 Å². The predicted molar refractivity (Wildman–Crippen MR) is 129 cm³/mol. The lowest BCUT2D eigenvalue weighted by Gasteiger charge is -2.35. The molecule has 0 bridgehead atoms. The zero-order valence-corrected chi connectivity index (χ0v) is 20.0. The molecule has 0 saturated carbocycles. The van der Waals surface area contributed by atoms with Gasteiger partial charge in [0.05, 0.1) is 19.6 Å². The smallest absolute Gasteiger partial charge is 0.270 e.